The van der Waals surface area contributed by atoms with Gasteiger partial charge in [-0.15, -0.1) is 0 Å². The summed E-state index contributed by atoms with van der Waals surface area (Å²) in [5, 5.41) is 3.34. The third-order valence-electron chi connectivity index (χ3n) is 2.73. The summed E-state index contributed by atoms with van der Waals surface area (Å²) >= 11 is 3.48. The highest BCUT2D eigenvalue weighted by Crippen LogP contribution is 2.31. The zero-order valence-corrected chi connectivity index (χ0v) is 12.8. The van der Waals surface area contributed by atoms with Gasteiger partial charge in [-0.2, -0.15) is 0 Å². The van der Waals surface area contributed by atoms with Crippen LogP contribution in [0.3, 0.4) is 0 Å². The number of methoxy groups -OCH3 is 1. The van der Waals surface area contributed by atoms with E-state index in [0.29, 0.717) is 12.6 Å². The molecule has 0 spiro atoms. The lowest BCUT2D eigenvalue weighted by atomic mass is 10.1. The summed E-state index contributed by atoms with van der Waals surface area (Å²) in [5.74, 6) is 1.58. The van der Waals surface area contributed by atoms with Crippen LogP contribution in [-0.2, 0) is 6.54 Å². The Kier molecular flexibility index (Phi) is 4.61. The molecule has 0 atom stereocenters. The predicted octanol–water partition coefficient (Wildman–Crippen LogP) is 3.61. The minimum atomic E-state index is 0.409. The highest BCUT2D eigenvalue weighted by molar-refractivity contribution is 9.10. The summed E-state index contributed by atoms with van der Waals surface area (Å²) in [4.78, 5) is 4.26. The Morgan fingerprint density at radius 3 is 2.84 bits per heavy atom. The number of hydrogen-bond acceptors (Lipinski definition) is 4. The fourth-order valence-electron chi connectivity index (χ4n) is 1.74. The quantitative estimate of drug-likeness (QED) is 0.912. The van der Waals surface area contributed by atoms with Crippen LogP contribution in [0.2, 0.25) is 0 Å². The van der Waals surface area contributed by atoms with Crippen LogP contribution >= 0.6 is 15.9 Å². The lowest BCUT2D eigenvalue weighted by Gasteiger charge is -2.08. The van der Waals surface area contributed by atoms with Gasteiger partial charge in [-0.05, 0) is 34.1 Å². The Labute approximate surface area is 121 Å². The molecule has 1 aromatic heterocycles. The summed E-state index contributed by atoms with van der Waals surface area (Å²) in [6.07, 6.45) is 1.48. The molecule has 2 aromatic rings. The summed E-state index contributed by atoms with van der Waals surface area (Å²) in [7, 11) is 1.65. The van der Waals surface area contributed by atoms with Gasteiger partial charge in [0.15, 0.2) is 12.2 Å². The fourth-order valence-corrected chi connectivity index (χ4v) is 2.28. The number of rotatable bonds is 5. The molecule has 0 unspecified atom stereocenters. The van der Waals surface area contributed by atoms with Gasteiger partial charge < -0.3 is 14.5 Å². The molecule has 5 heteroatoms. The van der Waals surface area contributed by atoms with Crippen molar-refractivity contribution >= 4 is 15.9 Å². The molecule has 0 bridgehead atoms. The van der Waals surface area contributed by atoms with Gasteiger partial charge >= 0.3 is 0 Å². The van der Waals surface area contributed by atoms with Crippen molar-refractivity contribution in [3.8, 4) is 17.1 Å². The maximum Gasteiger partial charge on any atom is 0.181 e. The van der Waals surface area contributed by atoms with Gasteiger partial charge in [0.1, 0.15) is 11.4 Å². The van der Waals surface area contributed by atoms with Gasteiger partial charge in [0.25, 0.3) is 0 Å². The van der Waals surface area contributed by atoms with Crippen LogP contribution in [0.15, 0.2) is 33.5 Å². The molecular weight excluding hydrogens is 308 g/mol. The van der Waals surface area contributed by atoms with Gasteiger partial charge in [0.05, 0.1) is 11.6 Å². The Morgan fingerprint density at radius 2 is 2.21 bits per heavy atom. The van der Waals surface area contributed by atoms with Crippen molar-refractivity contribution in [2.45, 2.75) is 26.4 Å². The average molecular weight is 325 g/mol. The molecule has 0 saturated heterocycles. The topological polar surface area (TPSA) is 47.3 Å². The number of nitrogens with zero attached hydrogens (tertiary/aromatic N) is 1. The van der Waals surface area contributed by atoms with Gasteiger partial charge in [-0.3, -0.25) is 0 Å². The highest BCUT2D eigenvalue weighted by atomic mass is 79.9. The van der Waals surface area contributed by atoms with E-state index in [9.17, 15) is 0 Å². The highest BCUT2D eigenvalue weighted by Gasteiger charge is 2.12. The van der Waals surface area contributed by atoms with Crippen LogP contribution in [0.1, 0.15) is 19.5 Å². The van der Waals surface area contributed by atoms with E-state index < -0.39 is 0 Å². The Morgan fingerprint density at radius 1 is 1.42 bits per heavy atom. The summed E-state index contributed by atoms with van der Waals surface area (Å²) in [6, 6.07) is 6.25. The standard InChI is InChI=1S/C14H17BrN2O2/c1-9(2)16-7-12-14(19-8-17-12)10-4-5-13(18-3)11(15)6-10/h4-6,8-9,16H,7H2,1-3H3. The van der Waals surface area contributed by atoms with Crippen molar-refractivity contribution in [1.82, 2.24) is 10.3 Å². The van der Waals surface area contributed by atoms with Crippen molar-refractivity contribution in [3.63, 3.8) is 0 Å². The zero-order valence-electron chi connectivity index (χ0n) is 11.2. The molecule has 102 valence electrons. The number of hydrogen-bond donors (Lipinski definition) is 1. The zero-order chi connectivity index (χ0) is 13.8. The minimum Gasteiger partial charge on any atom is -0.496 e. The second-order valence-electron chi connectivity index (χ2n) is 4.51. The molecule has 4 nitrogen and oxygen atoms in total. The van der Waals surface area contributed by atoms with Crippen LogP contribution in [0, 0.1) is 0 Å². The molecule has 0 radical (unpaired) electrons. The Balaban J connectivity index is 2.27. The van der Waals surface area contributed by atoms with E-state index >= 15 is 0 Å². The van der Waals surface area contributed by atoms with Crippen LogP contribution in [0.25, 0.3) is 11.3 Å². The fraction of sp³-hybridized carbons (Fsp3) is 0.357. The maximum absolute atomic E-state index is 5.50. The molecule has 1 N–H and O–H groups in total. The van der Waals surface area contributed by atoms with E-state index in [2.05, 4.69) is 40.1 Å². The first-order valence-electron chi connectivity index (χ1n) is 6.11. The molecular formula is C14H17BrN2O2. The Bertz CT molecular complexity index is 552. The Hall–Kier alpha value is -1.33. The number of oxazole rings is 1. The molecule has 0 fully saturated rings. The number of nitrogens with one attached hydrogen (secondary N) is 1. The molecule has 0 aliphatic carbocycles. The lowest BCUT2D eigenvalue weighted by molar-refractivity contribution is 0.412. The molecule has 19 heavy (non-hydrogen) atoms. The number of aromatic nitrogens is 1. The SMILES string of the molecule is COc1ccc(-c2ocnc2CNC(C)C)cc1Br. The molecule has 1 heterocycles. The number of benzene rings is 1. The van der Waals surface area contributed by atoms with Gasteiger partial charge in [-0.25, -0.2) is 4.98 Å². The summed E-state index contributed by atoms with van der Waals surface area (Å²) < 4.78 is 11.6. The summed E-state index contributed by atoms with van der Waals surface area (Å²) in [5.41, 5.74) is 1.89. The summed E-state index contributed by atoms with van der Waals surface area (Å²) in [6.45, 7) is 4.89. The third kappa shape index (κ3) is 3.36. The van der Waals surface area contributed by atoms with Crippen LogP contribution in [-0.4, -0.2) is 18.1 Å². The van der Waals surface area contributed by atoms with Crippen LogP contribution in [0.4, 0.5) is 0 Å². The molecule has 0 aliphatic rings. The largest absolute Gasteiger partial charge is 0.496 e. The molecule has 2 rings (SSSR count). The third-order valence-corrected chi connectivity index (χ3v) is 3.35. The minimum absolute atomic E-state index is 0.409. The van der Waals surface area contributed by atoms with E-state index in [4.69, 9.17) is 9.15 Å². The number of ether oxygens (including phenoxy) is 1. The van der Waals surface area contributed by atoms with Crippen molar-refractivity contribution in [1.29, 1.82) is 0 Å². The monoisotopic (exact) mass is 324 g/mol. The molecule has 0 amide bonds. The second-order valence-corrected chi connectivity index (χ2v) is 5.37. The average Bonchev–Trinajstić information content (AvgIpc) is 2.84. The van der Waals surface area contributed by atoms with E-state index in [1.807, 2.05) is 18.2 Å². The van der Waals surface area contributed by atoms with E-state index in [1.165, 1.54) is 6.39 Å². The van der Waals surface area contributed by atoms with Crippen molar-refractivity contribution in [2.24, 2.45) is 0 Å². The van der Waals surface area contributed by atoms with Crippen molar-refractivity contribution in [3.05, 3.63) is 34.8 Å². The smallest absolute Gasteiger partial charge is 0.181 e. The van der Waals surface area contributed by atoms with E-state index in [0.717, 1.165) is 27.2 Å². The lowest BCUT2D eigenvalue weighted by Crippen LogP contribution is -2.22. The van der Waals surface area contributed by atoms with Crippen molar-refractivity contribution in [2.75, 3.05) is 7.11 Å². The normalized spacial score (nSPS) is 11.0. The predicted molar refractivity (Wildman–Crippen MR) is 78.2 cm³/mol. The first kappa shape index (κ1) is 14.1. The number of halogens is 1. The van der Waals surface area contributed by atoms with Gasteiger partial charge in [-0.1, -0.05) is 13.8 Å². The van der Waals surface area contributed by atoms with Gasteiger partial charge in [0.2, 0.25) is 0 Å². The van der Waals surface area contributed by atoms with Crippen LogP contribution < -0.4 is 10.1 Å². The molecule has 1 aromatic carbocycles. The van der Waals surface area contributed by atoms with Gasteiger partial charge in [0, 0.05) is 18.2 Å². The molecule has 0 aliphatic heterocycles. The van der Waals surface area contributed by atoms with Crippen molar-refractivity contribution < 1.29 is 9.15 Å². The van der Waals surface area contributed by atoms with E-state index in [1.54, 1.807) is 7.11 Å². The van der Waals surface area contributed by atoms with Crippen LogP contribution in [0.5, 0.6) is 5.75 Å². The maximum atomic E-state index is 5.50. The molecule has 0 saturated carbocycles. The first-order chi connectivity index (χ1) is 9.11. The van der Waals surface area contributed by atoms with E-state index in [-0.39, 0.29) is 0 Å². The first-order valence-corrected chi connectivity index (χ1v) is 6.90. The second kappa shape index (κ2) is 6.21.